The molecule has 2 nitrogen and oxygen atoms in total. The molecule has 1 aromatic carbocycles. The molecule has 0 N–H and O–H groups in total. The zero-order valence-corrected chi connectivity index (χ0v) is 7.19. The highest BCUT2D eigenvalue weighted by molar-refractivity contribution is 5.15. The number of hydrogen-bond donors (Lipinski definition) is 0. The smallest absolute Gasteiger partial charge is 0.217 e. The van der Waals surface area contributed by atoms with Crippen LogP contribution in [0.25, 0.3) is 0 Å². The van der Waals surface area contributed by atoms with E-state index >= 15 is 0 Å². The van der Waals surface area contributed by atoms with Gasteiger partial charge in [-0.05, 0) is 6.42 Å². The first-order chi connectivity index (χ1) is 5.84. The van der Waals surface area contributed by atoms with Crippen LogP contribution in [0, 0.1) is 0 Å². The number of hydrogen-bond acceptors (Lipinski definition) is 1. The van der Waals surface area contributed by atoms with E-state index in [1.54, 1.807) is 12.1 Å². The second-order valence-corrected chi connectivity index (χ2v) is 2.61. The molecule has 0 aliphatic heterocycles. The third kappa shape index (κ3) is 2.64. The predicted octanol–water partition coefficient (Wildman–Crippen LogP) is 2.54. The SMILES string of the molecule is CCCOC([O])c1ccccc1. The predicted molar refractivity (Wildman–Crippen MR) is 46.1 cm³/mol. The fourth-order valence-corrected chi connectivity index (χ4v) is 0.931. The first-order valence-corrected chi connectivity index (χ1v) is 4.17. The van der Waals surface area contributed by atoms with Crippen molar-refractivity contribution in [3.05, 3.63) is 35.9 Å². The van der Waals surface area contributed by atoms with Gasteiger partial charge in [-0.25, -0.2) is 0 Å². The summed E-state index contributed by atoms with van der Waals surface area (Å²) in [5.41, 5.74) is 0.700. The van der Waals surface area contributed by atoms with Crippen LogP contribution in [0.4, 0.5) is 0 Å². The Morgan fingerprint density at radius 3 is 2.58 bits per heavy atom. The van der Waals surface area contributed by atoms with Gasteiger partial charge in [0, 0.05) is 12.2 Å². The minimum Gasteiger partial charge on any atom is -0.346 e. The molecule has 0 amide bonds. The fraction of sp³-hybridized carbons (Fsp3) is 0.400. The zero-order valence-electron chi connectivity index (χ0n) is 7.19. The number of benzene rings is 1. The lowest BCUT2D eigenvalue weighted by Gasteiger charge is -2.08. The molecule has 1 aromatic rings. The molecule has 65 valence electrons. The summed E-state index contributed by atoms with van der Waals surface area (Å²) in [5.74, 6) is 0. The molecule has 0 bridgehead atoms. The van der Waals surface area contributed by atoms with Gasteiger partial charge in [0.05, 0.1) is 0 Å². The van der Waals surface area contributed by atoms with E-state index in [4.69, 9.17) is 4.74 Å². The first-order valence-electron chi connectivity index (χ1n) is 4.17. The third-order valence-corrected chi connectivity index (χ3v) is 1.55. The van der Waals surface area contributed by atoms with Crippen LogP contribution in [-0.4, -0.2) is 6.61 Å². The molecule has 1 rings (SSSR count). The lowest BCUT2D eigenvalue weighted by molar-refractivity contribution is -0.144. The molecule has 0 fully saturated rings. The lowest BCUT2D eigenvalue weighted by atomic mass is 10.2. The topological polar surface area (TPSA) is 29.1 Å². The summed E-state index contributed by atoms with van der Waals surface area (Å²) in [6.45, 7) is 2.51. The minimum atomic E-state index is -1.02. The highest BCUT2D eigenvalue weighted by atomic mass is 16.6. The van der Waals surface area contributed by atoms with Crippen molar-refractivity contribution in [2.75, 3.05) is 6.61 Å². The molecule has 0 heterocycles. The molecule has 1 radical (unpaired) electrons. The van der Waals surface area contributed by atoms with E-state index in [0.717, 1.165) is 6.42 Å². The average molecular weight is 165 g/mol. The molecule has 0 aliphatic rings. The Morgan fingerprint density at radius 2 is 2.00 bits per heavy atom. The molecule has 1 unspecified atom stereocenters. The van der Waals surface area contributed by atoms with Gasteiger partial charge in [-0.15, -0.1) is 0 Å². The molecule has 0 spiro atoms. The summed E-state index contributed by atoms with van der Waals surface area (Å²) in [7, 11) is 0. The van der Waals surface area contributed by atoms with E-state index in [1.165, 1.54) is 0 Å². The molecule has 1 atom stereocenters. The van der Waals surface area contributed by atoms with Gasteiger partial charge in [-0.3, -0.25) is 0 Å². The van der Waals surface area contributed by atoms with E-state index in [1.807, 2.05) is 25.1 Å². The van der Waals surface area contributed by atoms with Crippen LogP contribution in [0.1, 0.15) is 25.2 Å². The molecular weight excluding hydrogens is 152 g/mol. The molecular formula is C10H13O2. The largest absolute Gasteiger partial charge is 0.346 e. The second-order valence-electron chi connectivity index (χ2n) is 2.61. The van der Waals surface area contributed by atoms with Crippen molar-refractivity contribution < 1.29 is 9.84 Å². The Morgan fingerprint density at radius 1 is 1.33 bits per heavy atom. The highest BCUT2D eigenvalue weighted by Crippen LogP contribution is 2.13. The van der Waals surface area contributed by atoms with Crippen molar-refractivity contribution in [2.45, 2.75) is 19.6 Å². The van der Waals surface area contributed by atoms with Crippen molar-refractivity contribution in [3.8, 4) is 0 Å². The fourth-order valence-electron chi connectivity index (χ4n) is 0.931. The Bertz CT molecular complexity index is 208. The van der Waals surface area contributed by atoms with Crippen LogP contribution in [0.2, 0.25) is 0 Å². The van der Waals surface area contributed by atoms with Crippen molar-refractivity contribution in [1.82, 2.24) is 0 Å². The van der Waals surface area contributed by atoms with E-state index in [-0.39, 0.29) is 0 Å². The highest BCUT2D eigenvalue weighted by Gasteiger charge is 2.06. The van der Waals surface area contributed by atoms with Crippen LogP contribution < -0.4 is 0 Å². The summed E-state index contributed by atoms with van der Waals surface area (Å²) in [6, 6.07) is 9.14. The van der Waals surface area contributed by atoms with Gasteiger partial charge in [0.1, 0.15) is 0 Å². The van der Waals surface area contributed by atoms with Crippen molar-refractivity contribution in [1.29, 1.82) is 0 Å². The van der Waals surface area contributed by atoms with Gasteiger partial charge >= 0.3 is 0 Å². The van der Waals surface area contributed by atoms with Gasteiger partial charge in [-0.2, -0.15) is 5.11 Å². The lowest BCUT2D eigenvalue weighted by Crippen LogP contribution is -2.01. The summed E-state index contributed by atoms with van der Waals surface area (Å²) in [4.78, 5) is 0. The molecule has 12 heavy (non-hydrogen) atoms. The summed E-state index contributed by atoms with van der Waals surface area (Å²) >= 11 is 0. The normalized spacial score (nSPS) is 12.8. The van der Waals surface area contributed by atoms with E-state index in [2.05, 4.69) is 0 Å². The van der Waals surface area contributed by atoms with Crippen molar-refractivity contribution in [2.24, 2.45) is 0 Å². The van der Waals surface area contributed by atoms with E-state index in [9.17, 15) is 5.11 Å². The second kappa shape index (κ2) is 4.91. The first kappa shape index (κ1) is 9.23. The molecule has 0 aliphatic carbocycles. The van der Waals surface area contributed by atoms with Crippen molar-refractivity contribution >= 4 is 0 Å². The Kier molecular flexibility index (Phi) is 3.77. The number of ether oxygens (including phenoxy) is 1. The average Bonchev–Trinajstić information content (AvgIpc) is 2.15. The Balaban J connectivity index is 2.48. The summed E-state index contributed by atoms with van der Waals surface area (Å²) < 4.78 is 5.02. The van der Waals surface area contributed by atoms with Gasteiger partial charge in [0.15, 0.2) is 0 Å². The third-order valence-electron chi connectivity index (χ3n) is 1.55. The quantitative estimate of drug-likeness (QED) is 0.630. The van der Waals surface area contributed by atoms with Gasteiger partial charge < -0.3 is 4.74 Å². The maximum atomic E-state index is 11.3. The van der Waals surface area contributed by atoms with Gasteiger partial charge in [0.2, 0.25) is 6.29 Å². The summed E-state index contributed by atoms with van der Waals surface area (Å²) in [6.07, 6.45) is -0.142. The zero-order chi connectivity index (χ0) is 8.81. The number of rotatable bonds is 4. The molecule has 0 saturated heterocycles. The van der Waals surface area contributed by atoms with Gasteiger partial charge in [-0.1, -0.05) is 37.3 Å². The molecule has 0 aromatic heterocycles. The van der Waals surface area contributed by atoms with Gasteiger partial charge in [0.25, 0.3) is 0 Å². The minimum absolute atomic E-state index is 0.531. The monoisotopic (exact) mass is 165 g/mol. The Hall–Kier alpha value is -0.860. The maximum Gasteiger partial charge on any atom is 0.217 e. The summed E-state index contributed by atoms with van der Waals surface area (Å²) in [5, 5.41) is 11.3. The van der Waals surface area contributed by atoms with Crippen LogP contribution in [0.3, 0.4) is 0 Å². The molecule has 0 saturated carbocycles. The van der Waals surface area contributed by atoms with E-state index < -0.39 is 6.29 Å². The van der Waals surface area contributed by atoms with Crippen LogP contribution >= 0.6 is 0 Å². The maximum absolute atomic E-state index is 11.3. The molecule has 2 heteroatoms. The standard InChI is InChI=1S/C10H13O2/c1-2-8-12-10(11)9-6-4-3-5-7-9/h3-7,10H,2,8H2,1H3. The van der Waals surface area contributed by atoms with Crippen LogP contribution in [0.5, 0.6) is 0 Å². The van der Waals surface area contributed by atoms with Crippen molar-refractivity contribution in [3.63, 3.8) is 0 Å². The Labute approximate surface area is 72.8 Å². The van der Waals surface area contributed by atoms with Crippen LogP contribution in [0.15, 0.2) is 30.3 Å². The van der Waals surface area contributed by atoms with E-state index in [0.29, 0.717) is 12.2 Å². The van der Waals surface area contributed by atoms with Crippen LogP contribution in [-0.2, 0) is 9.84 Å².